The first-order valence-electron chi connectivity index (χ1n) is 11.6. The molecule has 0 unspecified atom stereocenters. The van der Waals surface area contributed by atoms with E-state index in [4.69, 9.17) is 0 Å². The number of nitrogens with zero attached hydrogens (tertiary/aromatic N) is 2. The standard InChI is InChI=1S/C28H29N3O3/c1-19(2)20-9-11-21(12-10-20)27(32)30-16-5-3-7-23-18-31(26-8-4-6-15-29-26)25-14-13-22(28(33)34)17-24(23)25/h4,6,8-15,17-19H,3,5,7,16H2,1-2H3,(H,30,32)(H,33,34). The second-order valence-electron chi connectivity index (χ2n) is 8.74. The highest BCUT2D eigenvalue weighted by Gasteiger charge is 2.13. The Kier molecular flexibility index (Phi) is 7.07. The van der Waals surface area contributed by atoms with Crippen LogP contribution >= 0.6 is 0 Å². The second kappa shape index (κ2) is 10.3. The number of nitrogens with one attached hydrogen (secondary N) is 1. The zero-order chi connectivity index (χ0) is 24.1. The molecule has 34 heavy (non-hydrogen) atoms. The monoisotopic (exact) mass is 455 g/mol. The molecule has 0 radical (unpaired) electrons. The van der Waals surface area contributed by atoms with Gasteiger partial charge < -0.3 is 15.0 Å². The molecule has 0 aliphatic heterocycles. The maximum Gasteiger partial charge on any atom is 0.335 e. The predicted octanol–water partition coefficient (Wildman–Crippen LogP) is 5.60. The molecule has 2 aromatic heterocycles. The molecule has 0 fully saturated rings. The Balaban J connectivity index is 1.41. The molecule has 2 aromatic carbocycles. The molecular weight excluding hydrogens is 426 g/mol. The molecule has 0 saturated carbocycles. The van der Waals surface area contributed by atoms with E-state index in [1.54, 1.807) is 18.3 Å². The zero-order valence-corrected chi connectivity index (χ0v) is 19.5. The Morgan fingerprint density at radius 2 is 1.76 bits per heavy atom. The van der Waals surface area contributed by atoms with Crippen molar-refractivity contribution in [1.82, 2.24) is 14.9 Å². The van der Waals surface area contributed by atoms with Gasteiger partial charge in [0.2, 0.25) is 0 Å². The van der Waals surface area contributed by atoms with E-state index in [0.29, 0.717) is 18.0 Å². The molecule has 0 saturated heterocycles. The molecule has 6 nitrogen and oxygen atoms in total. The fraction of sp³-hybridized carbons (Fsp3) is 0.250. The predicted molar refractivity (Wildman–Crippen MR) is 134 cm³/mol. The van der Waals surface area contributed by atoms with Crippen LogP contribution in [0.4, 0.5) is 0 Å². The lowest BCUT2D eigenvalue weighted by Crippen LogP contribution is -2.24. The number of carbonyl (C=O) groups is 2. The van der Waals surface area contributed by atoms with Gasteiger partial charge in [-0.15, -0.1) is 0 Å². The minimum Gasteiger partial charge on any atom is -0.478 e. The summed E-state index contributed by atoms with van der Waals surface area (Å²) in [4.78, 5) is 28.4. The van der Waals surface area contributed by atoms with Gasteiger partial charge in [0.25, 0.3) is 5.91 Å². The fourth-order valence-electron chi connectivity index (χ4n) is 4.08. The van der Waals surface area contributed by atoms with Crippen molar-refractivity contribution in [1.29, 1.82) is 0 Å². The SMILES string of the molecule is CC(C)c1ccc(C(=O)NCCCCc2cn(-c3ccccn3)c3ccc(C(=O)O)cc23)cc1. The summed E-state index contributed by atoms with van der Waals surface area (Å²) in [6, 6.07) is 18.7. The number of benzene rings is 2. The van der Waals surface area contributed by atoms with Gasteiger partial charge in [0.05, 0.1) is 11.1 Å². The largest absolute Gasteiger partial charge is 0.478 e. The molecule has 0 aliphatic rings. The number of carbonyl (C=O) groups excluding carboxylic acids is 1. The second-order valence-corrected chi connectivity index (χ2v) is 8.74. The Morgan fingerprint density at radius 3 is 2.44 bits per heavy atom. The molecule has 2 heterocycles. The van der Waals surface area contributed by atoms with E-state index in [9.17, 15) is 14.7 Å². The van der Waals surface area contributed by atoms with Gasteiger partial charge in [0.15, 0.2) is 0 Å². The molecule has 0 spiro atoms. The van der Waals surface area contributed by atoms with Crippen LogP contribution in [-0.4, -0.2) is 33.1 Å². The van der Waals surface area contributed by atoms with Gasteiger partial charge in [-0.3, -0.25) is 4.79 Å². The van der Waals surface area contributed by atoms with E-state index in [0.717, 1.165) is 41.5 Å². The van der Waals surface area contributed by atoms with E-state index in [2.05, 4.69) is 24.1 Å². The number of amides is 1. The highest BCUT2D eigenvalue weighted by atomic mass is 16.4. The van der Waals surface area contributed by atoms with Gasteiger partial charge in [-0.1, -0.05) is 32.0 Å². The summed E-state index contributed by atoms with van der Waals surface area (Å²) in [6.45, 7) is 4.85. The molecule has 6 heteroatoms. The number of aryl methyl sites for hydroxylation is 1. The highest BCUT2D eigenvalue weighted by Crippen LogP contribution is 2.27. The van der Waals surface area contributed by atoms with Gasteiger partial charge in [-0.05, 0) is 78.8 Å². The van der Waals surface area contributed by atoms with Crippen molar-refractivity contribution in [3.05, 3.63) is 95.3 Å². The number of aromatic carboxylic acids is 1. The van der Waals surface area contributed by atoms with E-state index >= 15 is 0 Å². The summed E-state index contributed by atoms with van der Waals surface area (Å²) >= 11 is 0. The van der Waals surface area contributed by atoms with Crippen LogP contribution in [0.15, 0.2) is 73.1 Å². The third-order valence-corrected chi connectivity index (χ3v) is 6.03. The van der Waals surface area contributed by atoms with Crippen LogP contribution in [0, 0.1) is 0 Å². The molecule has 4 aromatic rings. The number of fused-ring (bicyclic) bond motifs is 1. The quantitative estimate of drug-likeness (QED) is 0.322. The number of hydrogen-bond donors (Lipinski definition) is 2. The molecule has 0 aliphatic carbocycles. The maximum absolute atomic E-state index is 12.4. The van der Waals surface area contributed by atoms with E-state index in [-0.39, 0.29) is 11.5 Å². The third-order valence-electron chi connectivity index (χ3n) is 6.03. The Bertz CT molecular complexity index is 1290. The van der Waals surface area contributed by atoms with Gasteiger partial charge in [-0.25, -0.2) is 9.78 Å². The molecule has 4 rings (SSSR count). The average molecular weight is 456 g/mol. The maximum atomic E-state index is 12.4. The van der Waals surface area contributed by atoms with Gasteiger partial charge >= 0.3 is 5.97 Å². The number of aromatic nitrogens is 2. The first-order chi connectivity index (χ1) is 16.4. The van der Waals surface area contributed by atoms with Crippen LogP contribution in [0.3, 0.4) is 0 Å². The van der Waals surface area contributed by atoms with Crippen LogP contribution in [0.2, 0.25) is 0 Å². The first kappa shape index (κ1) is 23.2. The number of hydrogen-bond acceptors (Lipinski definition) is 3. The molecule has 2 N–H and O–H groups in total. The molecule has 1 amide bonds. The molecule has 0 bridgehead atoms. The third kappa shape index (κ3) is 5.17. The molecule has 174 valence electrons. The molecular formula is C28H29N3O3. The Labute approximate surface area is 199 Å². The topological polar surface area (TPSA) is 84.2 Å². The van der Waals surface area contributed by atoms with E-state index < -0.39 is 5.97 Å². The van der Waals surface area contributed by atoms with Gasteiger partial charge in [-0.2, -0.15) is 0 Å². The minimum atomic E-state index is -0.942. The number of carboxylic acids is 1. The lowest BCUT2D eigenvalue weighted by molar-refractivity contribution is 0.0696. The van der Waals surface area contributed by atoms with Crippen molar-refractivity contribution in [3.8, 4) is 5.82 Å². The summed E-state index contributed by atoms with van der Waals surface area (Å²) < 4.78 is 2.00. The number of unbranched alkanes of at least 4 members (excludes halogenated alkanes) is 1. The van der Waals surface area contributed by atoms with Crippen LogP contribution in [0.25, 0.3) is 16.7 Å². The van der Waals surface area contributed by atoms with E-state index in [1.165, 1.54) is 5.56 Å². The van der Waals surface area contributed by atoms with Gasteiger partial charge in [0.1, 0.15) is 5.82 Å². The number of pyridine rings is 1. The number of carboxylic acid groups (broad SMARTS) is 1. The summed E-state index contributed by atoms with van der Waals surface area (Å²) in [5, 5.41) is 13.3. The summed E-state index contributed by atoms with van der Waals surface area (Å²) in [5.74, 6) is 0.223. The van der Waals surface area contributed by atoms with Crippen molar-refractivity contribution in [2.45, 2.75) is 39.0 Å². The summed E-state index contributed by atoms with van der Waals surface area (Å²) in [7, 11) is 0. The lowest BCUT2D eigenvalue weighted by atomic mass is 10.0. The number of rotatable bonds is 9. The van der Waals surface area contributed by atoms with Crippen molar-refractivity contribution in [2.75, 3.05) is 6.54 Å². The van der Waals surface area contributed by atoms with Gasteiger partial charge in [0, 0.05) is 29.9 Å². The van der Waals surface area contributed by atoms with Crippen molar-refractivity contribution >= 4 is 22.8 Å². The Hall–Kier alpha value is -3.93. The Morgan fingerprint density at radius 1 is 1.00 bits per heavy atom. The van der Waals surface area contributed by atoms with Crippen LogP contribution in [0.5, 0.6) is 0 Å². The molecule has 0 atom stereocenters. The smallest absolute Gasteiger partial charge is 0.335 e. The van der Waals surface area contributed by atoms with E-state index in [1.807, 2.05) is 59.3 Å². The zero-order valence-electron chi connectivity index (χ0n) is 19.5. The highest BCUT2D eigenvalue weighted by molar-refractivity contribution is 5.95. The average Bonchev–Trinajstić information content (AvgIpc) is 3.22. The van der Waals surface area contributed by atoms with Crippen molar-refractivity contribution in [3.63, 3.8) is 0 Å². The van der Waals surface area contributed by atoms with Crippen molar-refractivity contribution in [2.24, 2.45) is 0 Å². The lowest BCUT2D eigenvalue weighted by Gasteiger charge is -2.08. The van der Waals surface area contributed by atoms with Crippen molar-refractivity contribution < 1.29 is 14.7 Å². The summed E-state index contributed by atoms with van der Waals surface area (Å²) in [6.07, 6.45) is 6.24. The first-order valence-corrected chi connectivity index (χ1v) is 11.6. The van der Waals surface area contributed by atoms with Crippen LogP contribution in [-0.2, 0) is 6.42 Å². The fourth-order valence-corrected chi connectivity index (χ4v) is 4.08. The summed E-state index contributed by atoms with van der Waals surface area (Å²) in [5.41, 5.74) is 4.15. The van der Waals surface area contributed by atoms with Crippen LogP contribution < -0.4 is 5.32 Å². The normalized spacial score (nSPS) is 11.1. The van der Waals surface area contributed by atoms with Crippen LogP contribution in [0.1, 0.15) is 64.4 Å². The minimum absolute atomic E-state index is 0.0619.